The number of amides is 1. The van der Waals surface area contributed by atoms with Crippen molar-refractivity contribution in [1.82, 2.24) is 5.32 Å². The molecule has 0 heterocycles. The van der Waals surface area contributed by atoms with Crippen molar-refractivity contribution in [2.24, 2.45) is 5.41 Å². The van der Waals surface area contributed by atoms with Gasteiger partial charge in [-0.05, 0) is 50.3 Å². The lowest BCUT2D eigenvalue weighted by Gasteiger charge is -2.33. The molecule has 1 amide bonds. The minimum Gasteiger partial charge on any atom is -0.351 e. The number of sulfonamides is 1. The summed E-state index contributed by atoms with van der Waals surface area (Å²) in [6, 6.07) is 2.51. The van der Waals surface area contributed by atoms with E-state index in [1.807, 2.05) is 13.8 Å². The van der Waals surface area contributed by atoms with Crippen LogP contribution in [0.2, 0.25) is 5.02 Å². The average Bonchev–Trinajstić information content (AvgIpc) is 2.47. The van der Waals surface area contributed by atoms with E-state index in [9.17, 15) is 26.4 Å². The first-order valence-corrected chi connectivity index (χ1v) is 11.7. The Kier molecular flexibility index (Phi) is 8.27. The van der Waals surface area contributed by atoms with Crippen LogP contribution >= 0.6 is 11.6 Å². The zero-order chi connectivity index (χ0) is 23.5. The van der Waals surface area contributed by atoms with Crippen LogP contribution in [-0.2, 0) is 21.0 Å². The third-order valence-electron chi connectivity index (χ3n) is 4.16. The summed E-state index contributed by atoms with van der Waals surface area (Å²) in [5.74, 6) is -0.257. The van der Waals surface area contributed by atoms with Gasteiger partial charge in [0.2, 0.25) is 15.9 Å². The highest BCUT2D eigenvalue weighted by Crippen LogP contribution is 2.36. The number of alkyl halides is 3. The largest absolute Gasteiger partial charge is 0.416 e. The number of halogens is 4. The number of nitrogens with zero attached hydrogens (tertiary/aromatic N) is 1. The van der Waals surface area contributed by atoms with E-state index in [0.29, 0.717) is 6.07 Å². The predicted molar refractivity (Wildman–Crippen MR) is 114 cm³/mol. The van der Waals surface area contributed by atoms with E-state index in [1.54, 1.807) is 0 Å². The number of carbonyl (C=O) groups excluding carboxylic acids is 1. The number of hydrogen-bond acceptors (Lipinski definition) is 3. The fourth-order valence-electron chi connectivity index (χ4n) is 3.54. The van der Waals surface area contributed by atoms with Gasteiger partial charge in [-0.3, -0.25) is 9.10 Å². The van der Waals surface area contributed by atoms with Crippen molar-refractivity contribution in [1.29, 1.82) is 0 Å². The second kappa shape index (κ2) is 9.34. The molecule has 1 N–H and O–H groups in total. The van der Waals surface area contributed by atoms with E-state index >= 15 is 0 Å². The molecule has 1 rings (SSSR count). The molecule has 1 aromatic carbocycles. The normalized spacial score (nSPS) is 13.3. The quantitative estimate of drug-likeness (QED) is 0.565. The summed E-state index contributed by atoms with van der Waals surface area (Å²) >= 11 is 5.98. The molecule has 0 aliphatic heterocycles. The Bertz CT molecular complexity index is 863. The Balaban J connectivity index is 2.92. The number of anilines is 1. The lowest BCUT2D eigenvalue weighted by molar-refractivity contribution is -0.137. The fourth-order valence-corrected chi connectivity index (χ4v) is 4.78. The van der Waals surface area contributed by atoms with Crippen LogP contribution in [0.1, 0.15) is 59.4 Å². The Morgan fingerprint density at radius 3 is 2.17 bits per heavy atom. The standard InChI is InChI=1S/C20H30ClF3N2O3S/c1-18(2,3)13-19(4,5)25-17(27)8-7-11-26(30(6,28)29)16-12-14(20(22,23)24)9-10-15(16)21/h9-10,12H,7-8,11,13H2,1-6H3,(H,25,27). The fraction of sp³-hybridized carbons (Fsp3) is 0.650. The molecule has 10 heteroatoms. The zero-order valence-corrected chi connectivity index (χ0v) is 19.7. The highest BCUT2D eigenvalue weighted by atomic mass is 35.5. The van der Waals surface area contributed by atoms with Crippen LogP contribution in [0.5, 0.6) is 0 Å². The molecule has 5 nitrogen and oxygen atoms in total. The first-order chi connectivity index (χ1) is 13.3. The maximum atomic E-state index is 13.0. The van der Waals surface area contributed by atoms with Gasteiger partial charge in [-0.25, -0.2) is 8.42 Å². The molecule has 0 atom stereocenters. The molecule has 30 heavy (non-hydrogen) atoms. The molecular weight excluding hydrogens is 441 g/mol. The Labute approximate surface area is 182 Å². The van der Waals surface area contributed by atoms with Crippen molar-refractivity contribution in [3.05, 3.63) is 28.8 Å². The van der Waals surface area contributed by atoms with Crippen molar-refractivity contribution < 1.29 is 26.4 Å². The van der Waals surface area contributed by atoms with Gasteiger partial charge in [0, 0.05) is 18.5 Å². The molecule has 0 saturated carbocycles. The third-order valence-corrected chi connectivity index (χ3v) is 5.66. The number of rotatable bonds is 8. The van der Waals surface area contributed by atoms with Gasteiger partial charge in [0.15, 0.2) is 0 Å². The van der Waals surface area contributed by atoms with Gasteiger partial charge in [0.1, 0.15) is 0 Å². The monoisotopic (exact) mass is 470 g/mol. The second-order valence-electron chi connectivity index (χ2n) is 9.27. The Hall–Kier alpha value is -1.48. The van der Waals surface area contributed by atoms with Crippen molar-refractivity contribution in [2.75, 3.05) is 17.1 Å². The van der Waals surface area contributed by atoms with Gasteiger partial charge in [-0.2, -0.15) is 13.2 Å². The lowest BCUT2D eigenvalue weighted by Crippen LogP contribution is -2.46. The Morgan fingerprint density at radius 2 is 1.70 bits per heavy atom. The molecular formula is C20H30ClF3N2O3S. The molecule has 0 aromatic heterocycles. The highest BCUT2D eigenvalue weighted by molar-refractivity contribution is 7.92. The zero-order valence-electron chi connectivity index (χ0n) is 18.2. The van der Waals surface area contributed by atoms with Crippen molar-refractivity contribution >= 4 is 33.2 Å². The average molecular weight is 471 g/mol. The van der Waals surface area contributed by atoms with Gasteiger partial charge < -0.3 is 5.32 Å². The first-order valence-electron chi connectivity index (χ1n) is 9.47. The molecule has 0 aliphatic rings. The summed E-state index contributed by atoms with van der Waals surface area (Å²) in [6.07, 6.45) is -2.87. The third kappa shape index (κ3) is 8.71. The molecule has 0 saturated heterocycles. The minimum atomic E-state index is -4.64. The number of hydrogen-bond donors (Lipinski definition) is 1. The van der Waals surface area contributed by atoms with E-state index in [4.69, 9.17) is 11.6 Å². The van der Waals surface area contributed by atoms with Crippen LogP contribution in [0.4, 0.5) is 18.9 Å². The maximum absolute atomic E-state index is 13.0. The molecule has 0 bridgehead atoms. The minimum absolute atomic E-state index is 0.00408. The van der Waals surface area contributed by atoms with Gasteiger partial charge in [-0.15, -0.1) is 0 Å². The Morgan fingerprint density at radius 1 is 1.13 bits per heavy atom. The smallest absolute Gasteiger partial charge is 0.351 e. The molecule has 0 fully saturated rings. The van der Waals surface area contributed by atoms with E-state index < -0.39 is 27.3 Å². The van der Waals surface area contributed by atoms with Gasteiger partial charge in [0.25, 0.3) is 0 Å². The summed E-state index contributed by atoms with van der Waals surface area (Å²) in [6.45, 7) is 9.81. The van der Waals surface area contributed by atoms with Crippen LogP contribution in [-0.4, -0.2) is 32.7 Å². The van der Waals surface area contributed by atoms with Crippen LogP contribution in [0.3, 0.4) is 0 Å². The van der Waals surface area contributed by atoms with E-state index in [1.165, 1.54) is 0 Å². The van der Waals surface area contributed by atoms with Crippen LogP contribution in [0, 0.1) is 5.41 Å². The first kappa shape index (κ1) is 26.6. The van der Waals surface area contributed by atoms with Crippen molar-refractivity contribution in [2.45, 2.75) is 65.6 Å². The van der Waals surface area contributed by atoms with E-state index in [-0.39, 0.29) is 41.4 Å². The van der Waals surface area contributed by atoms with E-state index in [2.05, 4.69) is 26.1 Å². The van der Waals surface area contributed by atoms with Gasteiger partial charge >= 0.3 is 6.18 Å². The van der Waals surface area contributed by atoms with Crippen LogP contribution in [0.15, 0.2) is 18.2 Å². The lowest BCUT2D eigenvalue weighted by atomic mass is 9.82. The molecule has 0 spiro atoms. The van der Waals surface area contributed by atoms with Crippen molar-refractivity contribution in [3.63, 3.8) is 0 Å². The predicted octanol–water partition coefficient (Wildman–Crippen LogP) is 5.24. The summed E-state index contributed by atoms with van der Waals surface area (Å²) < 4.78 is 64.3. The van der Waals surface area contributed by atoms with Crippen molar-refractivity contribution in [3.8, 4) is 0 Å². The topological polar surface area (TPSA) is 66.5 Å². The SMILES string of the molecule is CC(C)(C)CC(C)(C)NC(=O)CCCN(c1cc(C(F)(F)F)ccc1Cl)S(C)(=O)=O. The van der Waals surface area contributed by atoms with Crippen LogP contribution < -0.4 is 9.62 Å². The molecule has 0 aliphatic carbocycles. The summed E-state index contributed by atoms with van der Waals surface area (Å²) in [5.41, 5.74) is -1.71. The van der Waals surface area contributed by atoms with Crippen LogP contribution in [0.25, 0.3) is 0 Å². The summed E-state index contributed by atoms with van der Waals surface area (Å²) in [4.78, 5) is 12.3. The molecule has 1 aromatic rings. The number of carbonyl (C=O) groups is 1. The number of benzene rings is 1. The number of nitrogens with one attached hydrogen (secondary N) is 1. The highest BCUT2D eigenvalue weighted by Gasteiger charge is 2.32. The molecule has 0 unspecified atom stereocenters. The van der Waals surface area contributed by atoms with Gasteiger partial charge in [-0.1, -0.05) is 32.4 Å². The van der Waals surface area contributed by atoms with Gasteiger partial charge in [0.05, 0.1) is 22.5 Å². The van der Waals surface area contributed by atoms with E-state index in [0.717, 1.165) is 29.1 Å². The second-order valence-corrected chi connectivity index (χ2v) is 11.6. The summed E-state index contributed by atoms with van der Waals surface area (Å²) in [7, 11) is -3.91. The maximum Gasteiger partial charge on any atom is 0.416 e. The molecule has 172 valence electrons. The summed E-state index contributed by atoms with van der Waals surface area (Å²) in [5, 5.41) is 2.80. The molecule has 0 radical (unpaired) electrons.